The minimum atomic E-state index is 0.601. The van der Waals surface area contributed by atoms with Gasteiger partial charge in [-0.05, 0) is 41.6 Å². The first-order chi connectivity index (χ1) is 8.11. The lowest BCUT2D eigenvalue weighted by Gasteiger charge is -2.08. The lowest BCUT2D eigenvalue weighted by atomic mass is 10.3. The molecule has 0 aromatic carbocycles. The number of aromatic nitrogens is 3. The van der Waals surface area contributed by atoms with Crippen LogP contribution in [-0.2, 0) is 0 Å². The molecular formula is C11H10ClIN4. The van der Waals surface area contributed by atoms with Crippen LogP contribution in [0.5, 0.6) is 0 Å². The third kappa shape index (κ3) is 2.66. The fourth-order valence-corrected chi connectivity index (χ4v) is 1.97. The summed E-state index contributed by atoms with van der Waals surface area (Å²) in [4.78, 5) is 13.0. The molecule has 0 fully saturated rings. The molecule has 4 nitrogen and oxygen atoms in total. The van der Waals surface area contributed by atoms with Crippen LogP contribution in [0.15, 0.2) is 18.3 Å². The summed E-state index contributed by atoms with van der Waals surface area (Å²) in [6, 6.07) is 3.59. The summed E-state index contributed by atoms with van der Waals surface area (Å²) in [7, 11) is 1.84. The third-order valence-electron chi connectivity index (χ3n) is 2.21. The molecule has 2 rings (SSSR count). The van der Waals surface area contributed by atoms with E-state index in [1.54, 1.807) is 12.3 Å². The molecule has 2 aromatic heterocycles. The predicted molar refractivity (Wildman–Crippen MR) is 77.3 cm³/mol. The Labute approximate surface area is 118 Å². The average molecular weight is 361 g/mol. The zero-order valence-electron chi connectivity index (χ0n) is 9.33. The molecule has 88 valence electrons. The van der Waals surface area contributed by atoms with Gasteiger partial charge in [-0.3, -0.25) is 4.98 Å². The van der Waals surface area contributed by atoms with E-state index in [4.69, 9.17) is 11.6 Å². The normalized spacial score (nSPS) is 10.4. The Morgan fingerprint density at radius 1 is 1.29 bits per heavy atom. The van der Waals surface area contributed by atoms with Gasteiger partial charge in [-0.2, -0.15) is 0 Å². The molecule has 1 N–H and O–H groups in total. The van der Waals surface area contributed by atoms with Crippen LogP contribution in [0.3, 0.4) is 0 Å². The number of hydrogen-bond donors (Lipinski definition) is 1. The second-order valence-corrected chi connectivity index (χ2v) is 4.92. The van der Waals surface area contributed by atoms with Gasteiger partial charge in [0.05, 0.1) is 14.3 Å². The van der Waals surface area contributed by atoms with E-state index in [0.29, 0.717) is 16.5 Å². The van der Waals surface area contributed by atoms with E-state index in [2.05, 4.69) is 42.9 Å². The fourth-order valence-electron chi connectivity index (χ4n) is 1.35. The lowest BCUT2D eigenvalue weighted by molar-refractivity contribution is 1.07. The van der Waals surface area contributed by atoms with Crippen LogP contribution >= 0.6 is 34.2 Å². The number of nitrogens with one attached hydrogen (secondary N) is 1. The number of halogens is 2. The fraction of sp³-hybridized carbons (Fsp3) is 0.182. The van der Waals surface area contributed by atoms with Crippen molar-refractivity contribution < 1.29 is 0 Å². The maximum Gasteiger partial charge on any atom is 0.180 e. The average Bonchev–Trinajstić information content (AvgIpc) is 2.33. The predicted octanol–water partition coefficient (Wildman–Crippen LogP) is 3.15. The van der Waals surface area contributed by atoms with Crippen molar-refractivity contribution in [2.75, 3.05) is 12.4 Å². The summed E-state index contributed by atoms with van der Waals surface area (Å²) in [5.74, 6) is 1.41. The first-order valence-corrected chi connectivity index (χ1v) is 6.41. The molecule has 0 spiro atoms. The van der Waals surface area contributed by atoms with Crippen molar-refractivity contribution in [3.8, 4) is 11.5 Å². The number of rotatable bonds is 2. The van der Waals surface area contributed by atoms with Gasteiger partial charge in [0.15, 0.2) is 5.82 Å². The smallest absolute Gasteiger partial charge is 0.180 e. The van der Waals surface area contributed by atoms with Crippen molar-refractivity contribution in [2.24, 2.45) is 0 Å². The number of aryl methyl sites for hydroxylation is 1. The zero-order chi connectivity index (χ0) is 12.4. The van der Waals surface area contributed by atoms with E-state index in [9.17, 15) is 0 Å². The van der Waals surface area contributed by atoms with Crippen LogP contribution < -0.4 is 5.32 Å². The monoisotopic (exact) mass is 360 g/mol. The molecule has 0 radical (unpaired) electrons. The quantitative estimate of drug-likeness (QED) is 0.836. The second kappa shape index (κ2) is 5.14. The van der Waals surface area contributed by atoms with E-state index >= 15 is 0 Å². The number of hydrogen-bond acceptors (Lipinski definition) is 4. The Hall–Kier alpha value is -0.950. The molecule has 0 unspecified atom stereocenters. The second-order valence-electron chi connectivity index (χ2n) is 3.41. The van der Waals surface area contributed by atoms with Crippen molar-refractivity contribution in [1.29, 1.82) is 0 Å². The van der Waals surface area contributed by atoms with Crippen molar-refractivity contribution in [3.63, 3.8) is 0 Å². The van der Waals surface area contributed by atoms with Crippen molar-refractivity contribution in [2.45, 2.75) is 6.92 Å². The minimum absolute atomic E-state index is 0.601. The Morgan fingerprint density at radius 2 is 2.06 bits per heavy atom. The minimum Gasteiger partial charge on any atom is -0.372 e. The molecule has 2 aromatic rings. The molecule has 0 aliphatic heterocycles. The summed E-state index contributed by atoms with van der Waals surface area (Å²) >= 11 is 8.01. The van der Waals surface area contributed by atoms with Gasteiger partial charge in [0.2, 0.25) is 0 Å². The van der Waals surface area contributed by atoms with Crippen LogP contribution in [0.25, 0.3) is 11.5 Å². The zero-order valence-corrected chi connectivity index (χ0v) is 12.2. The van der Waals surface area contributed by atoms with Gasteiger partial charge in [-0.25, -0.2) is 9.97 Å². The summed E-state index contributed by atoms with van der Waals surface area (Å²) in [6.07, 6.45) is 1.59. The Bertz CT molecular complexity index is 542. The highest BCUT2D eigenvalue weighted by Crippen LogP contribution is 2.22. The summed E-state index contributed by atoms with van der Waals surface area (Å²) in [5, 5.41) is 3.65. The van der Waals surface area contributed by atoms with Crippen LogP contribution in [0.4, 0.5) is 5.82 Å². The first kappa shape index (κ1) is 12.5. The van der Waals surface area contributed by atoms with Gasteiger partial charge in [0, 0.05) is 13.2 Å². The van der Waals surface area contributed by atoms with E-state index in [-0.39, 0.29) is 0 Å². The van der Waals surface area contributed by atoms with E-state index < -0.39 is 0 Å². The molecular weight excluding hydrogens is 351 g/mol. The summed E-state index contributed by atoms with van der Waals surface area (Å²) in [5.41, 5.74) is 1.64. The van der Waals surface area contributed by atoms with Crippen molar-refractivity contribution >= 4 is 40.0 Å². The van der Waals surface area contributed by atoms with Crippen LogP contribution in [-0.4, -0.2) is 22.0 Å². The van der Waals surface area contributed by atoms with Gasteiger partial charge in [-0.1, -0.05) is 11.6 Å². The highest BCUT2D eigenvalue weighted by molar-refractivity contribution is 14.1. The first-order valence-electron chi connectivity index (χ1n) is 4.95. The molecule has 17 heavy (non-hydrogen) atoms. The van der Waals surface area contributed by atoms with E-state index in [1.165, 1.54) is 0 Å². The van der Waals surface area contributed by atoms with Crippen molar-refractivity contribution in [3.05, 3.63) is 32.6 Å². The number of nitrogens with zero attached hydrogens (tertiary/aromatic N) is 3. The van der Waals surface area contributed by atoms with E-state index in [0.717, 1.165) is 15.1 Å². The summed E-state index contributed by atoms with van der Waals surface area (Å²) in [6.45, 7) is 1.95. The van der Waals surface area contributed by atoms with Crippen LogP contribution in [0.1, 0.15) is 5.69 Å². The molecule has 0 saturated heterocycles. The Kier molecular flexibility index (Phi) is 3.78. The maximum atomic E-state index is 5.80. The highest BCUT2D eigenvalue weighted by atomic mass is 127. The van der Waals surface area contributed by atoms with Gasteiger partial charge in [0.1, 0.15) is 11.5 Å². The van der Waals surface area contributed by atoms with Gasteiger partial charge in [0.25, 0.3) is 0 Å². The molecule has 0 amide bonds. The molecule has 0 atom stereocenters. The SMILES string of the molecule is CNc1nc(-c2ccc(Cl)cn2)nc(C)c1I. The molecule has 0 aliphatic carbocycles. The van der Waals surface area contributed by atoms with Gasteiger partial charge >= 0.3 is 0 Å². The lowest BCUT2D eigenvalue weighted by Crippen LogP contribution is -2.03. The van der Waals surface area contributed by atoms with Crippen LogP contribution in [0.2, 0.25) is 5.02 Å². The van der Waals surface area contributed by atoms with Crippen LogP contribution in [0, 0.1) is 10.5 Å². The summed E-state index contributed by atoms with van der Waals surface area (Å²) < 4.78 is 1.02. The Balaban J connectivity index is 2.52. The molecule has 0 saturated carbocycles. The Morgan fingerprint density at radius 3 is 2.65 bits per heavy atom. The van der Waals surface area contributed by atoms with Gasteiger partial charge in [-0.15, -0.1) is 0 Å². The maximum absolute atomic E-state index is 5.80. The molecule has 2 heterocycles. The van der Waals surface area contributed by atoms with Gasteiger partial charge < -0.3 is 5.32 Å². The topological polar surface area (TPSA) is 50.7 Å². The van der Waals surface area contributed by atoms with Crippen molar-refractivity contribution in [1.82, 2.24) is 15.0 Å². The molecule has 0 bridgehead atoms. The number of anilines is 1. The third-order valence-corrected chi connectivity index (χ3v) is 3.73. The standard InChI is InChI=1S/C11H10ClIN4/c1-6-9(13)11(14-2)17-10(16-6)8-4-3-7(12)5-15-8/h3-5H,1-2H3,(H,14,16,17). The van der Waals surface area contributed by atoms with E-state index in [1.807, 2.05) is 20.0 Å². The number of pyridine rings is 1. The largest absolute Gasteiger partial charge is 0.372 e. The molecule has 0 aliphatic rings. The highest BCUT2D eigenvalue weighted by Gasteiger charge is 2.10. The molecule has 6 heteroatoms.